The van der Waals surface area contributed by atoms with Crippen LogP contribution in [-0.4, -0.2) is 30.4 Å². The third kappa shape index (κ3) is 5.96. The molecule has 0 aliphatic heterocycles. The molecule has 0 aliphatic carbocycles. The SMILES string of the molecule is COC(=O)[C@H](C)NC(=O)CCCCBr. The zero-order valence-electron chi connectivity index (χ0n) is 8.51. The van der Waals surface area contributed by atoms with Gasteiger partial charge in [0, 0.05) is 11.8 Å². The fourth-order valence-corrected chi connectivity index (χ4v) is 1.33. The smallest absolute Gasteiger partial charge is 0.328 e. The first kappa shape index (κ1) is 13.4. The van der Waals surface area contributed by atoms with E-state index < -0.39 is 12.0 Å². The van der Waals surface area contributed by atoms with Crippen molar-refractivity contribution in [3.05, 3.63) is 0 Å². The van der Waals surface area contributed by atoms with E-state index in [0.717, 1.165) is 18.2 Å². The molecule has 82 valence electrons. The summed E-state index contributed by atoms with van der Waals surface area (Å²) in [6.45, 7) is 1.61. The number of rotatable bonds is 6. The van der Waals surface area contributed by atoms with Crippen LogP contribution in [0.5, 0.6) is 0 Å². The normalized spacial score (nSPS) is 11.9. The molecule has 5 heteroatoms. The minimum absolute atomic E-state index is 0.108. The molecule has 14 heavy (non-hydrogen) atoms. The summed E-state index contributed by atoms with van der Waals surface area (Å²) in [4.78, 5) is 22.1. The lowest BCUT2D eigenvalue weighted by Crippen LogP contribution is -2.38. The maximum absolute atomic E-state index is 11.2. The molecule has 0 bridgehead atoms. The van der Waals surface area contributed by atoms with Crippen molar-refractivity contribution in [3.8, 4) is 0 Å². The number of esters is 1. The fourth-order valence-electron chi connectivity index (χ4n) is 0.929. The van der Waals surface area contributed by atoms with Gasteiger partial charge in [0.05, 0.1) is 7.11 Å². The van der Waals surface area contributed by atoms with Crippen molar-refractivity contribution >= 4 is 27.8 Å². The van der Waals surface area contributed by atoms with E-state index in [4.69, 9.17) is 0 Å². The molecule has 0 aromatic rings. The molecule has 0 spiro atoms. The predicted octanol–water partition coefficient (Wildman–Crippen LogP) is 1.23. The number of hydrogen-bond donors (Lipinski definition) is 1. The van der Waals surface area contributed by atoms with Crippen molar-refractivity contribution in [1.29, 1.82) is 0 Å². The standard InChI is InChI=1S/C9H16BrNO3/c1-7(9(13)14-2)11-8(12)5-3-4-6-10/h7H,3-6H2,1-2H3,(H,11,12)/t7-/m0/s1. The van der Waals surface area contributed by atoms with E-state index in [-0.39, 0.29) is 5.91 Å². The lowest BCUT2D eigenvalue weighted by Gasteiger charge is -2.10. The first-order valence-corrected chi connectivity index (χ1v) is 5.67. The molecule has 0 aromatic heterocycles. The van der Waals surface area contributed by atoms with Gasteiger partial charge in [-0.25, -0.2) is 4.79 Å². The maximum Gasteiger partial charge on any atom is 0.328 e. The molecule has 0 aliphatic rings. The van der Waals surface area contributed by atoms with Gasteiger partial charge >= 0.3 is 5.97 Å². The monoisotopic (exact) mass is 265 g/mol. The number of halogens is 1. The number of methoxy groups -OCH3 is 1. The van der Waals surface area contributed by atoms with Crippen LogP contribution in [0.1, 0.15) is 26.2 Å². The molecule has 0 fully saturated rings. The summed E-state index contributed by atoms with van der Waals surface area (Å²) in [7, 11) is 1.30. The zero-order valence-corrected chi connectivity index (χ0v) is 10.1. The van der Waals surface area contributed by atoms with Crippen LogP contribution < -0.4 is 5.32 Å². The number of carbonyl (C=O) groups excluding carboxylic acids is 2. The second kappa shape index (κ2) is 7.79. The Morgan fingerprint density at radius 1 is 1.43 bits per heavy atom. The Labute approximate surface area is 92.5 Å². The van der Waals surface area contributed by atoms with Gasteiger partial charge in [-0.05, 0) is 19.8 Å². The first-order valence-electron chi connectivity index (χ1n) is 4.55. The molecule has 1 N–H and O–H groups in total. The van der Waals surface area contributed by atoms with Crippen LogP contribution in [0.4, 0.5) is 0 Å². The van der Waals surface area contributed by atoms with Crippen molar-refractivity contribution < 1.29 is 14.3 Å². The van der Waals surface area contributed by atoms with Crippen molar-refractivity contribution in [3.63, 3.8) is 0 Å². The van der Waals surface area contributed by atoms with Gasteiger partial charge in [0.2, 0.25) is 5.91 Å². The Balaban J connectivity index is 3.65. The highest BCUT2D eigenvalue weighted by molar-refractivity contribution is 9.09. The largest absolute Gasteiger partial charge is 0.467 e. The Kier molecular flexibility index (Phi) is 7.47. The molecule has 1 atom stereocenters. The summed E-state index contributed by atoms with van der Waals surface area (Å²) in [5, 5.41) is 3.46. The van der Waals surface area contributed by atoms with E-state index in [1.807, 2.05) is 0 Å². The quantitative estimate of drug-likeness (QED) is 0.447. The van der Waals surface area contributed by atoms with Crippen molar-refractivity contribution in [2.45, 2.75) is 32.2 Å². The average Bonchev–Trinajstić information content (AvgIpc) is 2.16. The van der Waals surface area contributed by atoms with Crippen LogP contribution in [0.15, 0.2) is 0 Å². The third-order valence-corrected chi connectivity index (χ3v) is 2.28. The Hall–Kier alpha value is -0.580. The Bertz CT molecular complexity index is 196. The third-order valence-electron chi connectivity index (χ3n) is 1.72. The number of nitrogens with one attached hydrogen (secondary N) is 1. The summed E-state index contributed by atoms with van der Waals surface area (Å²) in [5.74, 6) is -0.525. The van der Waals surface area contributed by atoms with Crippen LogP contribution in [0.3, 0.4) is 0 Å². The van der Waals surface area contributed by atoms with Gasteiger partial charge in [-0.15, -0.1) is 0 Å². The number of carbonyl (C=O) groups is 2. The number of alkyl halides is 1. The van der Waals surface area contributed by atoms with Crippen LogP contribution in [0, 0.1) is 0 Å². The molecule has 0 unspecified atom stereocenters. The Morgan fingerprint density at radius 3 is 2.57 bits per heavy atom. The molecule has 0 aromatic carbocycles. The van der Waals surface area contributed by atoms with Crippen LogP contribution in [0.2, 0.25) is 0 Å². The predicted molar refractivity (Wildman–Crippen MR) is 57.3 cm³/mol. The van der Waals surface area contributed by atoms with Gasteiger partial charge in [0.1, 0.15) is 6.04 Å². The number of unbranched alkanes of at least 4 members (excludes halogenated alkanes) is 1. The van der Waals surface area contributed by atoms with Gasteiger partial charge in [-0.2, -0.15) is 0 Å². The van der Waals surface area contributed by atoms with Gasteiger partial charge < -0.3 is 10.1 Å². The summed E-state index contributed by atoms with van der Waals surface area (Å²) in [5.41, 5.74) is 0. The number of amides is 1. The molecular weight excluding hydrogens is 250 g/mol. The molecule has 4 nitrogen and oxygen atoms in total. The second-order valence-corrected chi connectivity index (χ2v) is 3.75. The highest BCUT2D eigenvalue weighted by Crippen LogP contribution is 1.99. The molecule has 1 amide bonds. The highest BCUT2D eigenvalue weighted by atomic mass is 79.9. The van der Waals surface area contributed by atoms with E-state index >= 15 is 0 Å². The van der Waals surface area contributed by atoms with Crippen LogP contribution >= 0.6 is 15.9 Å². The van der Waals surface area contributed by atoms with Crippen LogP contribution in [-0.2, 0) is 14.3 Å². The van der Waals surface area contributed by atoms with Crippen LogP contribution in [0.25, 0.3) is 0 Å². The van der Waals surface area contributed by atoms with Crippen molar-refractivity contribution in [2.75, 3.05) is 12.4 Å². The molecule has 0 rings (SSSR count). The van der Waals surface area contributed by atoms with Crippen molar-refractivity contribution in [2.24, 2.45) is 0 Å². The molecule has 0 radical (unpaired) electrons. The number of ether oxygens (including phenoxy) is 1. The fraction of sp³-hybridized carbons (Fsp3) is 0.778. The van der Waals surface area contributed by atoms with E-state index in [1.165, 1.54) is 7.11 Å². The molecule has 0 saturated heterocycles. The Morgan fingerprint density at radius 2 is 2.07 bits per heavy atom. The van der Waals surface area contributed by atoms with E-state index in [0.29, 0.717) is 6.42 Å². The minimum Gasteiger partial charge on any atom is -0.467 e. The minimum atomic E-state index is -0.559. The van der Waals surface area contributed by atoms with E-state index in [1.54, 1.807) is 6.92 Å². The summed E-state index contributed by atoms with van der Waals surface area (Å²) in [6.07, 6.45) is 2.23. The molecular formula is C9H16BrNO3. The van der Waals surface area contributed by atoms with E-state index in [9.17, 15) is 9.59 Å². The number of hydrogen-bond acceptors (Lipinski definition) is 3. The van der Waals surface area contributed by atoms with Gasteiger partial charge in [-0.1, -0.05) is 15.9 Å². The van der Waals surface area contributed by atoms with Gasteiger partial charge in [0.15, 0.2) is 0 Å². The highest BCUT2D eigenvalue weighted by Gasteiger charge is 2.14. The average molecular weight is 266 g/mol. The lowest BCUT2D eigenvalue weighted by molar-refractivity contribution is -0.144. The summed E-state index contributed by atoms with van der Waals surface area (Å²) < 4.78 is 4.48. The van der Waals surface area contributed by atoms with Crippen molar-refractivity contribution in [1.82, 2.24) is 5.32 Å². The summed E-state index contributed by atoms with van der Waals surface area (Å²) in [6, 6.07) is -0.559. The first-order chi connectivity index (χ1) is 6.61. The topological polar surface area (TPSA) is 55.4 Å². The summed E-state index contributed by atoms with van der Waals surface area (Å²) >= 11 is 3.28. The lowest BCUT2D eigenvalue weighted by atomic mass is 10.2. The van der Waals surface area contributed by atoms with Gasteiger partial charge in [-0.3, -0.25) is 4.79 Å². The zero-order chi connectivity index (χ0) is 11.0. The van der Waals surface area contributed by atoms with E-state index in [2.05, 4.69) is 26.0 Å². The maximum atomic E-state index is 11.2. The van der Waals surface area contributed by atoms with Gasteiger partial charge in [0.25, 0.3) is 0 Å². The molecule has 0 heterocycles. The molecule has 0 saturated carbocycles. The second-order valence-electron chi connectivity index (χ2n) is 2.96.